The first-order chi connectivity index (χ1) is 19.0. The van der Waals surface area contributed by atoms with Gasteiger partial charge in [-0.3, -0.25) is 4.79 Å². The van der Waals surface area contributed by atoms with Crippen LogP contribution in [0.25, 0.3) is 22.3 Å². The molecular formula is C31H30FN5O2. The number of piperazine rings is 1. The third-order valence-electron chi connectivity index (χ3n) is 7.38. The number of nitrogens with zero attached hydrogens (tertiary/aromatic N) is 5. The van der Waals surface area contributed by atoms with Crippen molar-refractivity contribution in [3.63, 3.8) is 0 Å². The summed E-state index contributed by atoms with van der Waals surface area (Å²) in [5.41, 5.74) is 3.42. The van der Waals surface area contributed by atoms with Gasteiger partial charge in [-0.15, -0.1) is 0 Å². The van der Waals surface area contributed by atoms with Crippen LogP contribution in [0.1, 0.15) is 17.0 Å². The fourth-order valence-electron chi connectivity index (χ4n) is 5.13. The van der Waals surface area contributed by atoms with E-state index in [0.29, 0.717) is 41.0 Å². The highest BCUT2D eigenvalue weighted by molar-refractivity contribution is 5.86. The number of pyridine rings is 1. The lowest BCUT2D eigenvalue weighted by molar-refractivity contribution is 0.312. The molecule has 0 atom stereocenters. The topological polar surface area (TPSA) is 67.4 Å². The number of hydrogen-bond acceptors (Lipinski definition) is 6. The maximum Gasteiger partial charge on any atom is 0.231 e. The van der Waals surface area contributed by atoms with E-state index in [0.717, 1.165) is 38.2 Å². The third-order valence-corrected chi connectivity index (χ3v) is 7.38. The van der Waals surface area contributed by atoms with E-state index in [4.69, 9.17) is 4.52 Å². The monoisotopic (exact) mass is 523 g/mol. The molecule has 0 N–H and O–H groups in total. The molecule has 0 radical (unpaired) electrons. The Bertz CT molecular complexity index is 1640. The number of fused-ring (bicyclic) bond motifs is 1. The van der Waals surface area contributed by atoms with Crippen molar-refractivity contribution in [2.75, 3.05) is 38.1 Å². The van der Waals surface area contributed by atoms with Gasteiger partial charge in [0.25, 0.3) is 0 Å². The predicted molar refractivity (Wildman–Crippen MR) is 151 cm³/mol. The maximum absolute atomic E-state index is 15.5. The van der Waals surface area contributed by atoms with Crippen molar-refractivity contribution >= 4 is 16.6 Å². The van der Waals surface area contributed by atoms with Crippen LogP contribution in [0.15, 0.2) is 88.3 Å². The normalized spacial score (nSPS) is 14.3. The summed E-state index contributed by atoms with van der Waals surface area (Å²) >= 11 is 0. The summed E-state index contributed by atoms with van der Waals surface area (Å²) in [5.74, 6) is 0.238. The number of halogens is 1. The minimum atomic E-state index is -0.395. The number of benzene rings is 3. The zero-order valence-corrected chi connectivity index (χ0v) is 21.9. The van der Waals surface area contributed by atoms with E-state index >= 15 is 4.39 Å². The van der Waals surface area contributed by atoms with E-state index in [9.17, 15) is 4.79 Å². The van der Waals surface area contributed by atoms with E-state index in [2.05, 4.69) is 39.1 Å². The second-order valence-corrected chi connectivity index (χ2v) is 10.1. The Labute approximate surface area is 226 Å². The number of aromatic nitrogens is 3. The summed E-state index contributed by atoms with van der Waals surface area (Å²) in [6.45, 7) is 3.80. The quantitative estimate of drug-likeness (QED) is 0.306. The SMILES string of the molecule is CN1CCN(c2cc3c(cc2F)c(=O)c(-c2noc(Cc4ccccc4)n2)cn3CCc2ccccc2)CC1. The highest BCUT2D eigenvalue weighted by atomic mass is 19.1. The van der Waals surface area contributed by atoms with Crippen LogP contribution in [0, 0.1) is 5.82 Å². The molecule has 198 valence electrons. The molecule has 6 rings (SSSR count). The predicted octanol–water partition coefficient (Wildman–Crippen LogP) is 4.78. The molecule has 2 aromatic heterocycles. The molecule has 5 aromatic rings. The number of likely N-dealkylation sites (N-methyl/N-ethyl adjacent to an activating group) is 1. The Hall–Kier alpha value is -4.30. The molecule has 0 aliphatic carbocycles. The zero-order valence-electron chi connectivity index (χ0n) is 21.9. The molecule has 39 heavy (non-hydrogen) atoms. The van der Waals surface area contributed by atoms with Crippen molar-refractivity contribution in [1.29, 1.82) is 0 Å². The lowest BCUT2D eigenvalue weighted by atomic mass is 10.1. The van der Waals surface area contributed by atoms with E-state index in [1.54, 1.807) is 6.20 Å². The first kappa shape index (κ1) is 25.0. The summed E-state index contributed by atoms with van der Waals surface area (Å²) in [6, 6.07) is 23.2. The van der Waals surface area contributed by atoms with Crippen molar-refractivity contribution in [2.45, 2.75) is 19.4 Å². The smallest absolute Gasteiger partial charge is 0.231 e. The van der Waals surface area contributed by atoms with E-state index < -0.39 is 5.82 Å². The summed E-state index contributed by atoms with van der Waals surface area (Å²) < 4.78 is 23.0. The van der Waals surface area contributed by atoms with Crippen LogP contribution in [0.5, 0.6) is 0 Å². The molecule has 0 unspecified atom stereocenters. The van der Waals surface area contributed by atoms with E-state index in [1.165, 1.54) is 11.6 Å². The van der Waals surface area contributed by atoms with Crippen LogP contribution in [-0.2, 0) is 19.4 Å². The van der Waals surface area contributed by atoms with Crippen LogP contribution in [0.4, 0.5) is 10.1 Å². The van der Waals surface area contributed by atoms with Crippen molar-refractivity contribution in [3.8, 4) is 11.4 Å². The number of hydrogen-bond donors (Lipinski definition) is 0. The minimum Gasteiger partial charge on any atom is -0.367 e. The van der Waals surface area contributed by atoms with Gasteiger partial charge in [0.15, 0.2) is 0 Å². The van der Waals surface area contributed by atoms with Gasteiger partial charge < -0.3 is 18.9 Å². The van der Waals surface area contributed by atoms with Gasteiger partial charge in [0.1, 0.15) is 5.82 Å². The molecule has 1 aliphatic rings. The van der Waals surface area contributed by atoms with Crippen molar-refractivity contribution in [3.05, 3.63) is 112 Å². The largest absolute Gasteiger partial charge is 0.367 e. The summed E-state index contributed by atoms with van der Waals surface area (Å²) in [4.78, 5) is 22.5. The van der Waals surface area contributed by atoms with E-state index in [1.807, 2.05) is 59.2 Å². The first-order valence-electron chi connectivity index (χ1n) is 13.3. The molecule has 8 heteroatoms. The maximum atomic E-state index is 15.5. The Morgan fingerprint density at radius 2 is 1.62 bits per heavy atom. The van der Waals surface area contributed by atoms with Gasteiger partial charge in [-0.05, 0) is 36.7 Å². The zero-order chi connectivity index (χ0) is 26.8. The Kier molecular flexibility index (Phi) is 6.94. The molecule has 0 saturated carbocycles. The fourth-order valence-corrected chi connectivity index (χ4v) is 5.13. The standard InChI is InChI=1S/C31H30FN5O2/c1-35-14-16-36(17-15-35)28-20-27-24(19-26(28)32)30(38)25(21-37(27)13-12-22-8-4-2-5-9-22)31-33-29(39-34-31)18-23-10-6-3-7-11-23/h2-11,19-21H,12-18H2,1H3. The Balaban J connectivity index is 1.42. The van der Waals surface area contributed by atoms with Gasteiger partial charge in [0, 0.05) is 44.3 Å². The average molecular weight is 524 g/mol. The molecule has 1 fully saturated rings. The van der Waals surface area contributed by atoms with Crippen LogP contribution >= 0.6 is 0 Å². The van der Waals surface area contributed by atoms with Crippen molar-refractivity contribution < 1.29 is 8.91 Å². The molecule has 1 saturated heterocycles. The van der Waals surface area contributed by atoms with Gasteiger partial charge in [0.2, 0.25) is 17.1 Å². The Morgan fingerprint density at radius 1 is 0.923 bits per heavy atom. The van der Waals surface area contributed by atoms with Gasteiger partial charge in [-0.25, -0.2) is 4.39 Å². The molecule has 3 heterocycles. The lowest BCUT2D eigenvalue weighted by Crippen LogP contribution is -2.44. The lowest BCUT2D eigenvalue weighted by Gasteiger charge is -2.34. The van der Waals surface area contributed by atoms with E-state index in [-0.39, 0.29) is 11.3 Å². The fraction of sp³-hybridized carbons (Fsp3) is 0.258. The molecule has 0 spiro atoms. The molecular weight excluding hydrogens is 493 g/mol. The third kappa shape index (κ3) is 5.33. The second-order valence-electron chi connectivity index (χ2n) is 10.1. The number of anilines is 1. The van der Waals surface area contributed by atoms with Gasteiger partial charge in [0.05, 0.1) is 23.2 Å². The highest BCUT2D eigenvalue weighted by Crippen LogP contribution is 2.28. The van der Waals surface area contributed by atoms with Gasteiger partial charge in [-0.1, -0.05) is 65.8 Å². The van der Waals surface area contributed by atoms with Crippen LogP contribution in [0.2, 0.25) is 0 Å². The summed E-state index contributed by atoms with van der Waals surface area (Å²) in [7, 11) is 2.07. The Morgan fingerprint density at radius 3 is 2.33 bits per heavy atom. The van der Waals surface area contributed by atoms with Gasteiger partial charge >= 0.3 is 0 Å². The van der Waals surface area contributed by atoms with Crippen molar-refractivity contribution in [2.24, 2.45) is 0 Å². The molecule has 0 bridgehead atoms. The molecule has 3 aromatic carbocycles. The van der Waals surface area contributed by atoms with Gasteiger partial charge in [-0.2, -0.15) is 4.98 Å². The minimum absolute atomic E-state index is 0.213. The average Bonchev–Trinajstić information content (AvgIpc) is 3.42. The van der Waals surface area contributed by atoms with Crippen molar-refractivity contribution in [1.82, 2.24) is 19.6 Å². The first-order valence-corrected chi connectivity index (χ1v) is 13.3. The molecule has 1 aliphatic heterocycles. The highest BCUT2D eigenvalue weighted by Gasteiger charge is 2.22. The molecule has 0 amide bonds. The molecule has 7 nitrogen and oxygen atoms in total. The number of aryl methyl sites for hydroxylation is 2. The second kappa shape index (κ2) is 10.8. The summed E-state index contributed by atoms with van der Waals surface area (Å²) in [6.07, 6.45) is 3.01. The van der Waals surface area contributed by atoms with Crippen LogP contribution in [-0.4, -0.2) is 52.8 Å². The van der Waals surface area contributed by atoms with Crippen LogP contribution < -0.4 is 10.3 Å². The van der Waals surface area contributed by atoms with Crippen LogP contribution in [0.3, 0.4) is 0 Å². The number of rotatable bonds is 7. The summed E-state index contributed by atoms with van der Waals surface area (Å²) in [5, 5.41) is 4.43.